The highest BCUT2D eigenvalue weighted by atomic mass is 19.4. The summed E-state index contributed by atoms with van der Waals surface area (Å²) < 4.78 is 40.6. The lowest BCUT2D eigenvalue weighted by Crippen LogP contribution is -2.20. The smallest absolute Gasteiger partial charge is 0.406 e. The Bertz CT molecular complexity index is 975. The van der Waals surface area contributed by atoms with Crippen LogP contribution in [0, 0.1) is 0 Å². The van der Waals surface area contributed by atoms with Gasteiger partial charge in [-0.1, -0.05) is 18.2 Å². The molecule has 9 heteroatoms. The number of anilines is 3. The van der Waals surface area contributed by atoms with E-state index in [1.807, 2.05) is 6.07 Å². The Hall–Kier alpha value is -3.75. The van der Waals surface area contributed by atoms with Gasteiger partial charge in [-0.05, 0) is 47.5 Å². The molecular weight excluding hydrogens is 373 g/mol. The van der Waals surface area contributed by atoms with Crippen LogP contribution < -0.4 is 21.1 Å². The number of rotatable bonds is 4. The minimum Gasteiger partial charge on any atom is -0.406 e. The number of ether oxygens (including phenoxy) is 1. The van der Waals surface area contributed by atoms with Gasteiger partial charge >= 0.3 is 12.4 Å². The van der Waals surface area contributed by atoms with Gasteiger partial charge in [-0.3, -0.25) is 0 Å². The van der Waals surface area contributed by atoms with Crippen molar-refractivity contribution in [2.24, 2.45) is 0 Å². The molecule has 0 saturated heterocycles. The minimum absolute atomic E-state index is 0.156. The molecule has 0 saturated carbocycles. The number of alkyl halides is 3. The number of halogens is 3. The number of nitrogens with one attached hydrogen (secondary N) is 2. The zero-order chi connectivity index (χ0) is 20.1. The van der Waals surface area contributed by atoms with E-state index in [0.29, 0.717) is 11.5 Å². The van der Waals surface area contributed by atoms with Gasteiger partial charge in [0.1, 0.15) is 11.6 Å². The van der Waals surface area contributed by atoms with Gasteiger partial charge in [-0.25, -0.2) is 9.78 Å². The third-order valence-electron chi connectivity index (χ3n) is 3.58. The Balaban J connectivity index is 1.63. The fourth-order valence-corrected chi connectivity index (χ4v) is 2.44. The van der Waals surface area contributed by atoms with Crippen LogP contribution in [0.15, 0.2) is 66.9 Å². The molecule has 0 atom stereocenters. The van der Waals surface area contributed by atoms with Crippen molar-refractivity contribution in [1.82, 2.24) is 4.98 Å². The molecule has 0 radical (unpaired) electrons. The van der Waals surface area contributed by atoms with Gasteiger partial charge in [0.15, 0.2) is 0 Å². The summed E-state index contributed by atoms with van der Waals surface area (Å²) in [4.78, 5) is 16.0. The van der Waals surface area contributed by atoms with Gasteiger partial charge in [0, 0.05) is 23.6 Å². The fourth-order valence-electron chi connectivity index (χ4n) is 2.44. The molecule has 0 aliphatic rings. The average molecular weight is 388 g/mol. The molecule has 6 nitrogen and oxygen atoms in total. The zero-order valence-corrected chi connectivity index (χ0v) is 14.3. The number of carbonyl (C=O) groups excluding carboxylic acids is 1. The Morgan fingerprint density at radius 2 is 1.64 bits per heavy atom. The lowest BCUT2D eigenvalue weighted by atomic mass is 10.1. The van der Waals surface area contributed by atoms with Crippen LogP contribution in [0.25, 0.3) is 11.1 Å². The van der Waals surface area contributed by atoms with Gasteiger partial charge in [-0.15, -0.1) is 13.2 Å². The van der Waals surface area contributed by atoms with Crippen molar-refractivity contribution in [3.8, 4) is 16.9 Å². The normalized spacial score (nSPS) is 11.0. The number of nitrogens with zero attached hydrogens (tertiary/aromatic N) is 1. The van der Waals surface area contributed by atoms with Crippen LogP contribution in [-0.2, 0) is 0 Å². The number of carbonyl (C=O) groups is 1. The maximum Gasteiger partial charge on any atom is 0.573 e. The summed E-state index contributed by atoms with van der Waals surface area (Å²) >= 11 is 0. The summed E-state index contributed by atoms with van der Waals surface area (Å²) in [6, 6.07) is 14.9. The lowest BCUT2D eigenvalue weighted by Gasteiger charge is -2.11. The van der Waals surface area contributed by atoms with Crippen molar-refractivity contribution in [3.05, 3.63) is 66.9 Å². The summed E-state index contributed by atoms with van der Waals surface area (Å²) in [6.07, 6.45) is -3.21. The predicted molar refractivity (Wildman–Crippen MR) is 99.9 cm³/mol. The van der Waals surface area contributed by atoms with E-state index in [4.69, 9.17) is 5.73 Å². The van der Waals surface area contributed by atoms with Gasteiger partial charge < -0.3 is 21.1 Å². The SMILES string of the molecule is Nc1cc(-c2ccc(NC(=O)Nc3cccc(OC(F)(F)F)c3)cc2)ccn1. The Labute approximate surface area is 158 Å². The molecule has 0 fully saturated rings. The van der Waals surface area contributed by atoms with Crippen molar-refractivity contribution < 1.29 is 22.7 Å². The number of nitrogen functional groups attached to an aromatic ring is 1. The van der Waals surface area contributed by atoms with Gasteiger partial charge in [-0.2, -0.15) is 0 Å². The third-order valence-corrected chi connectivity index (χ3v) is 3.58. The van der Waals surface area contributed by atoms with Crippen LogP contribution in [0.5, 0.6) is 5.75 Å². The van der Waals surface area contributed by atoms with Crippen LogP contribution in [-0.4, -0.2) is 17.4 Å². The van der Waals surface area contributed by atoms with Crippen molar-refractivity contribution in [1.29, 1.82) is 0 Å². The van der Waals surface area contributed by atoms with E-state index in [2.05, 4.69) is 20.4 Å². The van der Waals surface area contributed by atoms with E-state index in [1.165, 1.54) is 12.1 Å². The molecule has 0 aliphatic heterocycles. The third kappa shape index (κ3) is 5.37. The highest BCUT2D eigenvalue weighted by Gasteiger charge is 2.31. The van der Waals surface area contributed by atoms with Crippen molar-refractivity contribution in [3.63, 3.8) is 0 Å². The molecule has 1 heterocycles. The molecule has 2 aromatic carbocycles. The molecule has 0 unspecified atom stereocenters. The average Bonchev–Trinajstić information content (AvgIpc) is 2.61. The second-order valence-electron chi connectivity index (χ2n) is 5.70. The van der Waals surface area contributed by atoms with E-state index in [1.54, 1.807) is 36.5 Å². The van der Waals surface area contributed by atoms with Crippen molar-refractivity contribution in [2.75, 3.05) is 16.4 Å². The number of urea groups is 1. The summed E-state index contributed by atoms with van der Waals surface area (Å²) in [5.41, 5.74) is 8.09. The Morgan fingerprint density at radius 1 is 0.929 bits per heavy atom. The monoisotopic (exact) mass is 388 g/mol. The highest BCUT2D eigenvalue weighted by Crippen LogP contribution is 2.25. The molecule has 0 aliphatic carbocycles. The molecule has 3 rings (SSSR count). The molecule has 0 bridgehead atoms. The molecule has 0 spiro atoms. The maximum absolute atomic E-state index is 12.3. The highest BCUT2D eigenvalue weighted by molar-refractivity contribution is 6.00. The van der Waals surface area contributed by atoms with Gasteiger partial charge in [0.25, 0.3) is 0 Å². The first kappa shape index (κ1) is 19.0. The summed E-state index contributed by atoms with van der Waals surface area (Å²) in [5, 5.41) is 5.05. The van der Waals surface area contributed by atoms with Gasteiger partial charge in [0.05, 0.1) is 0 Å². The molecule has 3 aromatic rings. The molecule has 1 aromatic heterocycles. The minimum atomic E-state index is -4.80. The number of benzene rings is 2. The fraction of sp³-hybridized carbons (Fsp3) is 0.0526. The van der Waals surface area contributed by atoms with E-state index < -0.39 is 18.1 Å². The molecule has 28 heavy (non-hydrogen) atoms. The first-order valence-electron chi connectivity index (χ1n) is 8.04. The second kappa shape index (κ2) is 7.87. The van der Waals surface area contributed by atoms with E-state index in [0.717, 1.165) is 23.3 Å². The number of aromatic nitrogens is 1. The second-order valence-corrected chi connectivity index (χ2v) is 5.70. The number of pyridine rings is 1. The number of hydrogen-bond donors (Lipinski definition) is 3. The van der Waals surface area contributed by atoms with Crippen LogP contribution in [0.3, 0.4) is 0 Å². The molecule has 4 N–H and O–H groups in total. The lowest BCUT2D eigenvalue weighted by molar-refractivity contribution is -0.274. The first-order chi connectivity index (χ1) is 13.3. The maximum atomic E-state index is 12.3. The van der Waals surface area contributed by atoms with Crippen LogP contribution in [0.4, 0.5) is 35.2 Å². The largest absolute Gasteiger partial charge is 0.573 e. The van der Waals surface area contributed by atoms with Crippen LogP contribution in [0.2, 0.25) is 0 Å². The summed E-state index contributed by atoms with van der Waals surface area (Å²) in [5.74, 6) is -0.0258. The zero-order valence-electron chi connectivity index (χ0n) is 14.3. The van der Waals surface area contributed by atoms with E-state index >= 15 is 0 Å². The van der Waals surface area contributed by atoms with Crippen LogP contribution >= 0.6 is 0 Å². The van der Waals surface area contributed by atoms with E-state index in [-0.39, 0.29) is 5.69 Å². The number of amides is 2. The number of nitrogens with two attached hydrogens (primary N) is 1. The van der Waals surface area contributed by atoms with Crippen LogP contribution in [0.1, 0.15) is 0 Å². The molecular formula is C19H15F3N4O2. The van der Waals surface area contributed by atoms with Gasteiger partial charge in [0.2, 0.25) is 0 Å². The molecule has 144 valence electrons. The van der Waals surface area contributed by atoms with E-state index in [9.17, 15) is 18.0 Å². The topological polar surface area (TPSA) is 89.3 Å². The summed E-state index contributed by atoms with van der Waals surface area (Å²) in [7, 11) is 0. The Morgan fingerprint density at radius 3 is 2.32 bits per heavy atom. The Kier molecular flexibility index (Phi) is 5.35. The number of hydrogen-bond acceptors (Lipinski definition) is 4. The first-order valence-corrected chi connectivity index (χ1v) is 8.04. The predicted octanol–water partition coefficient (Wildman–Crippen LogP) is 4.87. The standard InChI is InChI=1S/C19H15F3N4O2/c20-19(21,22)28-16-3-1-2-15(11-16)26-18(27)25-14-6-4-12(5-7-14)13-8-9-24-17(23)10-13/h1-11H,(H2,23,24)(H2,25,26,27). The summed E-state index contributed by atoms with van der Waals surface area (Å²) in [6.45, 7) is 0. The molecule has 2 amide bonds. The van der Waals surface area contributed by atoms with Crippen molar-refractivity contribution >= 4 is 23.2 Å². The van der Waals surface area contributed by atoms with Crippen molar-refractivity contribution in [2.45, 2.75) is 6.36 Å². The quantitative estimate of drug-likeness (QED) is 0.595.